The molecule has 82 valence electrons. The fourth-order valence-corrected chi connectivity index (χ4v) is 1.99. The lowest BCUT2D eigenvalue weighted by atomic mass is 10.0. The standard InChI is InChI=1S/C12H17NO2/c1-8(13)7-10-4-3-9-5-6-15-12(9)11(10)14-2/h3-4,8H,5-7,13H2,1-2H3. The van der Waals surface area contributed by atoms with E-state index in [2.05, 4.69) is 12.1 Å². The summed E-state index contributed by atoms with van der Waals surface area (Å²) in [6.07, 6.45) is 1.80. The van der Waals surface area contributed by atoms with Gasteiger partial charge in [0, 0.05) is 18.0 Å². The number of nitrogens with two attached hydrogens (primary N) is 1. The van der Waals surface area contributed by atoms with Gasteiger partial charge in [-0.25, -0.2) is 0 Å². The molecule has 1 heterocycles. The molecule has 0 aromatic heterocycles. The molecule has 3 nitrogen and oxygen atoms in total. The summed E-state index contributed by atoms with van der Waals surface area (Å²) in [5.41, 5.74) is 8.17. The average molecular weight is 207 g/mol. The van der Waals surface area contributed by atoms with Gasteiger partial charge in [0.1, 0.15) is 0 Å². The molecule has 1 aromatic rings. The highest BCUT2D eigenvalue weighted by Crippen LogP contribution is 2.38. The second kappa shape index (κ2) is 4.11. The van der Waals surface area contributed by atoms with E-state index in [1.165, 1.54) is 5.56 Å². The van der Waals surface area contributed by atoms with Crippen molar-refractivity contribution in [2.75, 3.05) is 13.7 Å². The first-order valence-corrected chi connectivity index (χ1v) is 5.29. The van der Waals surface area contributed by atoms with Crippen molar-refractivity contribution >= 4 is 0 Å². The summed E-state index contributed by atoms with van der Waals surface area (Å²) >= 11 is 0. The van der Waals surface area contributed by atoms with Gasteiger partial charge in [-0.2, -0.15) is 0 Å². The molecule has 0 spiro atoms. The summed E-state index contributed by atoms with van der Waals surface area (Å²) in [4.78, 5) is 0. The van der Waals surface area contributed by atoms with Crippen LogP contribution in [0.15, 0.2) is 12.1 Å². The summed E-state index contributed by atoms with van der Waals surface area (Å²) in [5.74, 6) is 1.78. The van der Waals surface area contributed by atoms with E-state index in [1.807, 2.05) is 6.92 Å². The molecule has 1 atom stereocenters. The van der Waals surface area contributed by atoms with Gasteiger partial charge in [0.15, 0.2) is 11.5 Å². The van der Waals surface area contributed by atoms with Crippen LogP contribution in [0, 0.1) is 0 Å². The number of hydrogen-bond donors (Lipinski definition) is 1. The van der Waals surface area contributed by atoms with Crippen molar-refractivity contribution in [2.24, 2.45) is 5.73 Å². The largest absolute Gasteiger partial charge is 0.493 e. The highest BCUT2D eigenvalue weighted by atomic mass is 16.5. The molecule has 15 heavy (non-hydrogen) atoms. The summed E-state index contributed by atoms with van der Waals surface area (Å²) < 4.78 is 11.0. The Bertz CT molecular complexity index is 361. The van der Waals surface area contributed by atoms with Crippen molar-refractivity contribution in [3.63, 3.8) is 0 Å². The molecule has 0 saturated heterocycles. The molecule has 3 heteroatoms. The van der Waals surface area contributed by atoms with Crippen LogP contribution in [0.25, 0.3) is 0 Å². The van der Waals surface area contributed by atoms with Gasteiger partial charge < -0.3 is 15.2 Å². The predicted molar refractivity (Wildman–Crippen MR) is 59.5 cm³/mol. The van der Waals surface area contributed by atoms with Gasteiger partial charge in [-0.3, -0.25) is 0 Å². The van der Waals surface area contributed by atoms with Crippen LogP contribution in [0.3, 0.4) is 0 Å². The summed E-state index contributed by atoms with van der Waals surface area (Å²) in [5, 5.41) is 0. The summed E-state index contributed by atoms with van der Waals surface area (Å²) in [6.45, 7) is 2.75. The van der Waals surface area contributed by atoms with Crippen molar-refractivity contribution in [3.05, 3.63) is 23.3 Å². The molecular formula is C12H17NO2. The van der Waals surface area contributed by atoms with Gasteiger partial charge in [0.2, 0.25) is 0 Å². The number of benzene rings is 1. The minimum atomic E-state index is 0.137. The molecule has 0 aliphatic carbocycles. The maximum absolute atomic E-state index is 5.80. The molecule has 1 aromatic carbocycles. The van der Waals surface area contributed by atoms with Gasteiger partial charge in [0.05, 0.1) is 13.7 Å². The molecule has 0 radical (unpaired) electrons. The Morgan fingerprint density at radius 3 is 3.00 bits per heavy atom. The molecule has 0 amide bonds. The quantitative estimate of drug-likeness (QED) is 0.817. The third kappa shape index (κ3) is 1.92. The monoisotopic (exact) mass is 207 g/mol. The highest BCUT2D eigenvalue weighted by molar-refractivity contribution is 5.53. The molecule has 2 N–H and O–H groups in total. The van der Waals surface area contributed by atoms with Crippen molar-refractivity contribution in [1.29, 1.82) is 0 Å². The minimum Gasteiger partial charge on any atom is -0.493 e. The number of hydrogen-bond acceptors (Lipinski definition) is 3. The Balaban J connectivity index is 2.39. The van der Waals surface area contributed by atoms with Crippen LogP contribution in [0.4, 0.5) is 0 Å². The highest BCUT2D eigenvalue weighted by Gasteiger charge is 2.20. The van der Waals surface area contributed by atoms with Gasteiger partial charge >= 0.3 is 0 Å². The second-order valence-corrected chi connectivity index (χ2v) is 4.03. The molecular weight excluding hydrogens is 190 g/mol. The van der Waals surface area contributed by atoms with Crippen LogP contribution in [0.5, 0.6) is 11.5 Å². The normalized spacial score (nSPS) is 15.7. The van der Waals surface area contributed by atoms with E-state index in [0.717, 1.165) is 36.5 Å². The van der Waals surface area contributed by atoms with E-state index in [1.54, 1.807) is 7.11 Å². The molecule has 1 unspecified atom stereocenters. The van der Waals surface area contributed by atoms with Crippen LogP contribution < -0.4 is 15.2 Å². The lowest BCUT2D eigenvalue weighted by Gasteiger charge is -2.13. The van der Waals surface area contributed by atoms with E-state index in [9.17, 15) is 0 Å². The van der Waals surface area contributed by atoms with E-state index in [4.69, 9.17) is 15.2 Å². The van der Waals surface area contributed by atoms with Crippen molar-refractivity contribution < 1.29 is 9.47 Å². The zero-order chi connectivity index (χ0) is 10.8. The number of fused-ring (bicyclic) bond motifs is 1. The fraction of sp³-hybridized carbons (Fsp3) is 0.500. The summed E-state index contributed by atoms with van der Waals surface area (Å²) in [6, 6.07) is 4.34. The van der Waals surface area contributed by atoms with E-state index in [0.29, 0.717) is 0 Å². The first kappa shape index (κ1) is 10.3. The van der Waals surface area contributed by atoms with E-state index >= 15 is 0 Å². The van der Waals surface area contributed by atoms with Gasteiger partial charge in [-0.05, 0) is 18.9 Å². The SMILES string of the molecule is COc1c(CC(C)N)ccc2c1OCC2. The lowest BCUT2D eigenvalue weighted by Crippen LogP contribution is -2.18. The maximum atomic E-state index is 5.80. The van der Waals surface area contributed by atoms with Crippen LogP contribution in [-0.2, 0) is 12.8 Å². The Labute approximate surface area is 90.2 Å². The minimum absolute atomic E-state index is 0.137. The first-order valence-electron chi connectivity index (χ1n) is 5.29. The molecule has 0 saturated carbocycles. The average Bonchev–Trinajstić information content (AvgIpc) is 2.64. The zero-order valence-corrected chi connectivity index (χ0v) is 9.25. The van der Waals surface area contributed by atoms with E-state index in [-0.39, 0.29) is 6.04 Å². The third-order valence-corrected chi connectivity index (χ3v) is 2.64. The Kier molecular flexibility index (Phi) is 2.82. The second-order valence-electron chi connectivity index (χ2n) is 4.03. The Hall–Kier alpha value is -1.22. The van der Waals surface area contributed by atoms with Gasteiger partial charge in [-0.1, -0.05) is 12.1 Å². The van der Waals surface area contributed by atoms with Gasteiger partial charge in [0.25, 0.3) is 0 Å². The van der Waals surface area contributed by atoms with Crippen molar-refractivity contribution in [3.8, 4) is 11.5 Å². The zero-order valence-electron chi connectivity index (χ0n) is 9.25. The smallest absolute Gasteiger partial charge is 0.164 e. The molecule has 1 aliphatic rings. The first-order chi connectivity index (χ1) is 7.22. The van der Waals surface area contributed by atoms with Crippen LogP contribution in [0.2, 0.25) is 0 Å². The maximum Gasteiger partial charge on any atom is 0.164 e. The molecule has 1 aliphatic heterocycles. The molecule has 2 rings (SSSR count). The summed E-state index contributed by atoms with van der Waals surface area (Å²) in [7, 11) is 1.68. The van der Waals surface area contributed by atoms with Gasteiger partial charge in [-0.15, -0.1) is 0 Å². The number of rotatable bonds is 3. The van der Waals surface area contributed by atoms with Crippen molar-refractivity contribution in [1.82, 2.24) is 0 Å². The topological polar surface area (TPSA) is 44.5 Å². The predicted octanol–water partition coefficient (Wildman–Crippen LogP) is 1.52. The van der Waals surface area contributed by atoms with E-state index < -0.39 is 0 Å². The van der Waals surface area contributed by atoms with Crippen molar-refractivity contribution in [2.45, 2.75) is 25.8 Å². The number of ether oxygens (including phenoxy) is 2. The molecule has 0 bridgehead atoms. The van der Waals surface area contributed by atoms with Crippen LogP contribution >= 0.6 is 0 Å². The molecule has 0 fully saturated rings. The fourth-order valence-electron chi connectivity index (χ4n) is 1.99. The Morgan fingerprint density at radius 1 is 1.53 bits per heavy atom. The Morgan fingerprint density at radius 2 is 2.33 bits per heavy atom. The van der Waals surface area contributed by atoms with Crippen LogP contribution in [-0.4, -0.2) is 19.8 Å². The number of methoxy groups -OCH3 is 1. The van der Waals surface area contributed by atoms with Crippen LogP contribution in [0.1, 0.15) is 18.1 Å². The lowest BCUT2D eigenvalue weighted by molar-refractivity contribution is 0.324. The third-order valence-electron chi connectivity index (χ3n) is 2.64.